The van der Waals surface area contributed by atoms with E-state index in [1.807, 2.05) is 4.90 Å². The second kappa shape index (κ2) is 5.85. The smallest absolute Gasteiger partial charge is 0.325 e. The van der Waals surface area contributed by atoms with Crippen molar-refractivity contribution in [1.82, 2.24) is 4.90 Å². The maximum absolute atomic E-state index is 13.6. The fourth-order valence-corrected chi connectivity index (χ4v) is 2.41. The summed E-state index contributed by atoms with van der Waals surface area (Å²) < 4.78 is 31.1. The molecule has 2 rings (SSSR count). The number of carbonyl (C=O) groups excluding carboxylic acids is 1. The number of piperidine rings is 1. The molecule has 2 N–H and O–H groups in total. The molecule has 1 aromatic rings. The zero-order valence-corrected chi connectivity index (χ0v) is 11.4. The van der Waals surface area contributed by atoms with Crippen molar-refractivity contribution in [2.45, 2.75) is 24.9 Å². The number of ether oxygens (including phenoxy) is 1. The molecule has 0 unspecified atom stereocenters. The molecule has 1 saturated heterocycles. The van der Waals surface area contributed by atoms with Crippen molar-refractivity contribution in [3.8, 4) is 0 Å². The lowest BCUT2D eigenvalue weighted by atomic mass is 9.88. The number of hydrogen-bond acceptors (Lipinski definition) is 4. The number of nitrogens with two attached hydrogens (primary N) is 1. The summed E-state index contributed by atoms with van der Waals surface area (Å²) in [7, 11) is 1.32. The lowest BCUT2D eigenvalue weighted by Gasteiger charge is -2.37. The van der Waals surface area contributed by atoms with Crippen molar-refractivity contribution < 1.29 is 18.3 Å². The predicted octanol–water partition coefficient (Wildman–Crippen LogP) is 1.43. The fraction of sp³-hybridized carbons (Fsp3) is 0.500. The highest BCUT2D eigenvalue weighted by atomic mass is 19.1. The zero-order chi connectivity index (χ0) is 14.8. The number of likely N-dealkylation sites (tertiary alicyclic amines) is 1. The van der Waals surface area contributed by atoms with E-state index in [0.717, 1.165) is 6.07 Å². The molecule has 0 bridgehead atoms. The molecule has 0 atom stereocenters. The summed E-state index contributed by atoms with van der Waals surface area (Å²) in [6.07, 6.45) is 0.922. The minimum absolute atomic E-state index is 0.378. The van der Waals surface area contributed by atoms with Gasteiger partial charge in [-0.1, -0.05) is 6.07 Å². The highest BCUT2D eigenvalue weighted by Gasteiger charge is 2.38. The molecule has 1 aliphatic rings. The third-order valence-electron chi connectivity index (χ3n) is 3.75. The van der Waals surface area contributed by atoms with E-state index in [0.29, 0.717) is 38.0 Å². The Morgan fingerprint density at radius 1 is 1.40 bits per heavy atom. The van der Waals surface area contributed by atoms with Crippen molar-refractivity contribution in [2.24, 2.45) is 5.73 Å². The van der Waals surface area contributed by atoms with Gasteiger partial charge in [0.2, 0.25) is 0 Å². The van der Waals surface area contributed by atoms with Gasteiger partial charge in [-0.05, 0) is 18.9 Å². The summed E-state index contributed by atoms with van der Waals surface area (Å²) >= 11 is 0. The molecule has 6 heteroatoms. The van der Waals surface area contributed by atoms with E-state index >= 15 is 0 Å². The van der Waals surface area contributed by atoms with E-state index in [9.17, 15) is 13.6 Å². The van der Waals surface area contributed by atoms with Crippen molar-refractivity contribution in [2.75, 3.05) is 20.2 Å². The van der Waals surface area contributed by atoms with Crippen molar-refractivity contribution in [1.29, 1.82) is 0 Å². The molecule has 0 amide bonds. The molecule has 0 spiro atoms. The quantitative estimate of drug-likeness (QED) is 0.853. The first-order valence-corrected chi connectivity index (χ1v) is 6.48. The Morgan fingerprint density at radius 3 is 2.60 bits per heavy atom. The lowest BCUT2D eigenvalue weighted by Crippen LogP contribution is -2.55. The van der Waals surface area contributed by atoms with Crippen LogP contribution in [0.4, 0.5) is 8.78 Å². The molecule has 20 heavy (non-hydrogen) atoms. The minimum atomic E-state index is -0.952. The van der Waals surface area contributed by atoms with Crippen LogP contribution in [0.5, 0.6) is 0 Å². The summed E-state index contributed by atoms with van der Waals surface area (Å²) in [4.78, 5) is 13.6. The van der Waals surface area contributed by atoms with E-state index in [4.69, 9.17) is 10.5 Å². The average molecular weight is 284 g/mol. The summed E-state index contributed by atoms with van der Waals surface area (Å²) in [5, 5.41) is 0. The number of hydrogen-bond donors (Lipinski definition) is 1. The number of nitrogens with zero attached hydrogens (tertiary/aromatic N) is 1. The topological polar surface area (TPSA) is 55.6 Å². The molecule has 1 aliphatic heterocycles. The molecule has 0 radical (unpaired) electrons. The Balaban J connectivity index is 1.96. The maximum atomic E-state index is 13.6. The van der Waals surface area contributed by atoms with Gasteiger partial charge in [-0.15, -0.1) is 0 Å². The van der Waals surface area contributed by atoms with E-state index in [1.54, 1.807) is 0 Å². The first kappa shape index (κ1) is 14.9. The Hall–Kier alpha value is -1.53. The van der Waals surface area contributed by atoms with E-state index in [1.165, 1.54) is 19.2 Å². The van der Waals surface area contributed by atoms with Crippen LogP contribution in [-0.4, -0.2) is 36.6 Å². The number of carbonyl (C=O) groups is 1. The molecular weight excluding hydrogens is 266 g/mol. The van der Waals surface area contributed by atoms with Gasteiger partial charge in [0.15, 0.2) is 0 Å². The largest absolute Gasteiger partial charge is 0.468 e. The first-order chi connectivity index (χ1) is 9.44. The van der Waals surface area contributed by atoms with Crippen molar-refractivity contribution in [3.63, 3.8) is 0 Å². The minimum Gasteiger partial charge on any atom is -0.468 e. The molecule has 0 saturated carbocycles. The highest BCUT2D eigenvalue weighted by Crippen LogP contribution is 2.23. The van der Waals surface area contributed by atoms with Crippen LogP contribution < -0.4 is 5.73 Å². The van der Waals surface area contributed by atoms with Crippen LogP contribution in [0.25, 0.3) is 0 Å². The van der Waals surface area contributed by atoms with Crippen LogP contribution in [0.1, 0.15) is 18.4 Å². The van der Waals surface area contributed by atoms with E-state index < -0.39 is 23.1 Å². The second-order valence-electron chi connectivity index (χ2n) is 5.16. The summed E-state index contributed by atoms with van der Waals surface area (Å²) in [6, 6.07) is 3.56. The van der Waals surface area contributed by atoms with Crippen molar-refractivity contribution >= 4 is 5.97 Å². The third kappa shape index (κ3) is 3.13. The van der Waals surface area contributed by atoms with E-state index in [-0.39, 0.29) is 0 Å². The predicted molar refractivity (Wildman–Crippen MR) is 69.8 cm³/mol. The van der Waals surface area contributed by atoms with Crippen LogP contribution in [0.2, 0.25) is 0 Å². The molecule has 1 aromatic carbocycles. The van der Waals surface area contributed by atoms with Crippen LogP contribution in [0.3, 0.4) is 0 Å². The Kier molecular flexibility index (Phi) is 4.35. The number of rotatable bonds is 3. The van der Waals surface area contributed by atoms with Gasteiger partial charge in [0.05, 0.1) is 7.11 Å². The average Bonchev–Trinajstić information content (AvgIpc) is 2.43. The SMILES string of the molecule is COC(=O)C1(N)CCN(Cc2ccc(F)cc2F)CC1. The van der Waals surface area contributed by atoms with Crippen LogP contribution in [0.15, 0.2) is 18.2 Å². The van der Waals surface area contributed by atoms with Gasteiger partial charge in [0.25, 0.3) is 0 Å². The first-order valence-electron chi connectivity index (χ1n) is 6.48. The van der Waals surface area contributed by atoms with Gasteiger partial charge in [-0.2, -0.15) is 0 Å². The molecule has 4 nitrogen and oxygen atoms in total. The Morgan fingerprint density at radius 2 is 2.05 bits per heavy atom. The lowest BCUT2D eigenvalue weighted by molar-refractivity contribution is -0.149. The van der Waals surface area contributed by atoms with Gasteiger partial charge < -0.3 is 10.5 Å². The van der Waals surface area contributed by atoms with Gasteiger partial charge in [-0.25, -0.2) is 8.78 Å². The summed E-state index contributed by atoms with van der Waals surface area (Å²) in [5.74, 6) is -1.55. The monoisotopic (exact) mass is 284 g/mol. The molecule has 0 aromatic heterocycles. The fourth-order valence-electron chi connectivity index (χ4n) is 2.41. The Bertz CT molecular complexity index is 500. The molecule has 1 fully saturated rings. The molecular formula is C14H18F2N2O2. The molecule has 110 valence electrons. The number of benzene rings is 1. The number of halogens is 2. The summed E-state index contributed by atoms with van der Waals surface area (Å²) in [5.41, 5.74) is 5.48. The van der Waals surface area contributed by atoms with Gasteiger partial charge in [0.1, 0.15) is 17.2 Å². The number of esters is 1. The normalized spacial score (nSPS) is 18.8. The molecule has 0 aliphatic carbocycles. The summed E-state index contributed by atoms with van der Waals surface area (Å²) in [6.45, 7) is 1.52. The highest BCUT2D eigenvalue weighted by molar-refractivity contribution is 5.80. The van der Waals surface area contributed by atoms with Crippen molar-refractivity contribution in [3.05, 3.63) is 35.4 Å². The third-order valence-corrected chi connectivity index (χ3v) is 3.75. The van der Waals surface area contributed by atoms with E-state index in [2.05, 4.69) is 0 Å². The van der Waals surface area contributed by atoms with Crippen LogP contribution in [-0.2, 0) is 16.1 Å². The van der Waals surface area contributed by atoms with Gasteiger partial charge in [0, 0.05) is 31.3 Å². The molecule has 1 heterocycles. The maximum Gasteiger partial charge on any atom is 0.325 e. The van der Waals surface area contributed by atoms with Crippen LogP contribution in [0, 0.1) is 11.6 Å². The Labute approximate surface area is 116 Å². The number of methoxy groups -OCH3 is 1. The zero-order valence-electron chi connectivity index (χ0n) is 11.4. The van der Waals surface area contributed by atoms with Crippen LogP contribution >= 0.6 is 0 Å². The standard InChI is InChI=1S/C14H18F2N2O2/c1-20-13(19)14(17)4-6-18(7-5-14)9-10-2-3-11(15)8-12(10)16/h2-3,8H,4-7,9,17H2,1H3. The second-order valence-corrected chi connectivity index (χ2v) is 5.16. The van der Waals surface area contributed by atoms with Gasteiger partial charge in [-0.3, -0.25) is 9.69 Å². The van der Waals surface area contributed by atoms with Gasteiger partial charge >= 0.3 is 5.97 Å².